The Balaban J connectivity index is 1.78. The number of fused-ring (bicyclic) bond motifs is 2. The second-order valence-electron chi connectivity index (χ2n) is 5.79. The molecule has 2 aliphatic rings. The van der Waals surface area contributed by atoms with E-state index in [1.54, 1.807) is 6.20 Å². The molecule has 2 fully saturated rings. The molecule has 0 spiro atoms. The summed E-state index contributed by atoms with van der Waals surface area (Å²) in [6.07, 6.45) is 8.10. The molecule has 4 heteroatoms. The number of hydrogen-bond donors (Lipinski definition) is 1. The summed E-state index contributed by atoms with van der Waals surface area (Å²) < 4.78 is 0. The highest BCUT2D eigenvalue weighted by atomic mass is 35.5. The van der Waals surface area contributed by atoms with E-state index < -0.39 is 0 Å². The Bertz CT molecular complexity index is 408. The smallest absolute Gasteiger partial charge is 0.128 e. The zero-order valence-electron chi connectivity index (χ0n) is 11.5. The molecule has 3 rings (SSSR count). The molecule has 0 amide bonds. The van der Waals surface area contributed by atoms with Crippen LogP contribution in [0.1, 0.15) is 39.0 Å². The Morgan fingerprint density at radius 1 is 1.32 bits per heavy atom. The number of piperidine rings is 1. The number of aromatic nitrogens is 1. The third-order valence-electron chi connectivity index (χ3n) is 4.36. The van der Waals surface area contributed by atoms with Gasteiger partial charge in [0.1, 0.15) is 5.82 Å². The monoisotopic (exact) mass is 279 g/mol. The van der Waals surface area contributed by atoms with Crippen LogP contribution in [0.4, 0.5) is 5.82 Å². The molecule has 0 aliphatic carbocycles. The summed E-state index contributed by atoms with van der Waals surface area (Å²) in [6, 6.07) is 6.07. The third kappa shape index (κ3) is 2.87. The largest absolute Gasteiger partial charge is 0.354 e. The number of rotatable bonds is 4. The number of halogens is 1. The quantitative estimate of drug-likeness (QED) is 0.917. The van der Waals surface area contributed by atoms with Crippen LogP contribution < -0.4 is 10.2 Å². The minimum absolute atomic E-state index is 0.632. The minimum atomic E-state index is 0.632. The molecule has 104 valence electrons. The number of nitrogens with one attached hydrogen (secondary N) is 1. The van der Waals surface area contributed by atoms with E-state index in [-0.39, 0.29) is 0 Å². The molecule has 2 atom stereocenters. The van der Waals surface area contributed by atoms with E-state index in [0.717, 1.165) is 30.9 Å². The molecule has 1 N–H and O–H groups in total. The van der Waals surface area contributed by atoms with E-state index in [9.17, 15) is 0 Å². The first-order valence-electron chi connectivity index (χ1n) is 7.40. The maximum absolute atomic E-state index is 5.94. The number of nitrogens with zero attached hydrogens (tertiary/aromatic N) is 2. The van der Waals surface area contributed by atoms with Crippen molar-refractivity contribution in [1.29, 1.82) is 0 Å². The Morgan fingerprint density at radius 2 is 2.05 bits per heavy atom. The lowest BCUT2D eigenvalue weighted by Gasteiger charge is -2.38. The van der Waals surface area contributed by atoms with Gasteiger partial charge in [0.2, 0.25) is 0 Å². The van der Waals surface area contributed by atoms with E-state index in [1.165, 1.54) is 25.7 Å². The zero-order valence-corrected chi connectivity index (χ0v) is 12.2. The van der Waals surface area contributed by atoms with E-state index in [0.29, 0.717) is 11.1 Å². The summed E-state index contributed by atoms with van der Waals surface area (Å²) in [7, 11) is 0. The van der Waals surface area contributed by atoms with Gasteiger partial charge in [-0.05, 0) is 44.2 Å². The van der Waals surface area contributed by atoms with Crippen LogP contribution in [0.5, 0.6) is 0 Å². The molecule has 3 nitrogen and oxygen atoms in total. The van der Waals surface area contributed by atoms with Crippen molar-refractivity contribution >= 4 is 17.4 Å². The van der Waals surface area contributed by atoms with Crippen LogP contribution in [0, 0.1) is 0 Å². The lowest BCUT2D eigenvalue weighted by molar-refractivity contribution is 0.345. The average molecular weight is 280 g/mol. The first-order chi connectivity index (χ1) is 9.26. The molecule has 0 radical (unpaired) electrons. The van der Waals surface area contributed by atoms with E-state index in [1.807, 2.05) is 6.07 Å². The lowest BCUT2D eigenvalue weighted by Crippen LogP contribution is -2.48. The second kappa shape index (κ2) is 5.68. The highest BCUT2D eigenvalue weighted by Gasteiger charge is 2.36. The van der Waals surface area contributed by atoms with Crippen molar-refractivity contribution < 1.29 is 0 Å². The Hall–Kier alpha value is -0.800. The molecule has 2 saturated heterocycles. The van der Waals surface area contributed by atoms with Gasteiger partial charge in [0.15, 0.2) is 0 Å². The maximum Gasteiger partial charge on any atom is 0.128 e. The Kier molecular flexibility index (Phi) is 3.94. The summed E-state index contributed by atoms with van der Waals surface area (Å²) in [5, 5.41) is 4.42. The third-order valence-corrected chi connectivity index (χ3v) is 4.58. The predicted molar refractivity (Wildman–Crippen MR) is 79.9 cm³/mol. The molecule has 1 aromatic rings. The highest BCUT2D eigenvalue weighted by molar-refractivity contribution is 6.30. The number of anilines is 1. The van der Waals surface area contributed by atoms with Gasteiger partial charge in [0.05, 0.1) is 5.02 Å². The maximum atomic E-state index is 5.94. The molecule has 2 bridgehead atoms. The van der Waals surface area contributed by atoms with Crippen LogP contribution in [-0.4, -0.2) is 29.7 Å². The van der Waals surface area contributed by atoms with Crippen LogP contribution in [-0.2, 0) is 0 Å². The molecule has 0 aromatic carbocycles. The topological polar surface area (TPSA) is 28.2 Å². The van der Waals surface area contributed by atoms with Gasteiger partial charge in [-0.3, -0.25) is 0 Å². The fourth-order valence-corrected chi connectivity index (χ4v) is 3.66. The van der Waals surface area contributed by atoms with Crippen molar-refractivity contribution in [2.45, 2.75) is 57.2 Å². The minimum Gasteiger partial charge on any atom is -0.354 e. The van der Waals surface area contributed by atoms with Crippen molar-refractivity contribution in [3.8, 4) is 0 Å². The number of hydrogen-bond acceptors (Lipinski definition) is 3. The fraction of sp³-hybridized carbons (Fsp3) is 0.667. The van der Waals surface area contributed by atoms with Crippen LogP contribution in [0.3, 0.4) is 0 Å². The summed E-state index contributed by atoms with van der Waals surface area (Å²) in [5.74, 6) is 1.08. The van der Waals surface area contributed by atoms with Crippen LogP contribution in [0.25, 0.3) is 0 Å². The summed E-state index contributed by atoms with van der Waals surface area (Å²) in [6.45, 7) is 3.32. The predicted octanol–water partition coefficient (Wildman–Crippen LogP) is 3.23. The van der Waals surface area contributed by atoms with Gasteiger partial charge in [-0.25, -0.2) is 4.98 Å². The molecule has 1 aromatic heterocycles. The Morgan fingerprint density at radius 3 is 2.63 bits per heavy atom. The normalized spacial score (nSPS) is 29.5. The SMILES string of the molecule is CCCN(c1ccc(Cl)cn1)C1CC2CCC(C1)N2. The molecular formula is C15H22ClN3. The standard InChI is InChI=1S/C15H22ClN3/c1-2-7-19(15-6-3-11(16)10-17-15)14-8-12-4-5-13(9-14)18-12/h3,6,10,12-14,18H,2,4-5,7-9H2,1H3. The van der Waals surface area contributed by atoms with E-state index in [2.05, 4.69) is 28.2 Å². The lowest BCUT2D eigenvalue weighted by atomic mass is 9.98. The van der Waals surface area contributed by atoms with Crippen molar-refractivity contribution in [1.82, 2.24) is 10.3 Å². The van der Waals surface area contributed by atoms with Crippen molar-refractivity contribution in [3.63, 3.8) is 0 Å². The summed E-state index contributed by atoms with van der Waals surface area (Å²) in [4.78, 5) is 7.01. The summed E-state index contributed by atoms with van der Waals surface area (Å²) >= 11 is 5.94. The molecule has 3 heterocycles. The molecule has 2 unspecified atom stereocenters. The van der Waals surface area contributed by atoms with Gasteiger partial charge >= 0.3 is 0 Å². The highest BCUT2D eigenvalue weighted by Crippen LogP contribution is 2.31. The summed E-state index contributed by atoms with van der Waals surface area (Å²) in [5.41, 5.74) is 0. The Labute approximate surface area is 120 Å². The van der Waals surface area contributed by atoms with Gasteiger partial charge < -0.3 is 10.2 Å². The first kappa shape index (κ1) is 13.2. The molecule has 2 aliphatic heterocycles. The van der Waals surface area contributed by atoms with Crippen molar-refractivity contribution in [2.75, 3.05) is 11.4 Å². The zero-order chi connectivity index (χ0) is 13.2. The van der Waals surface area contributed by atoms with Gasteiger partial charge in [-0.1, -0.05) is 18.5 Å². The van der Waals surface area contributed by atoms with Gasteiger partial charge in [0, 0.05) is 30.9 Å². The average Bonchev–Trinajstić information content (AvgIpc) is 2.76. The van der Waals surface area contributed by atoms with E-state index in [4.69, 9.17) is 11.6 Å². The second-order valence-corrected chi connectivity index (χ2v) is 6.23. The van der Waals surface area contributed by atoms with Crippen LogP contribution in [0.2, 0.25) is 5.02 Å². The van der Waals surface area contributed by atoms with Crippen molar-refractivity contribution in [2.24, 2.45) is 0 Å². The van der Waals surface area contributed by atoms with E-state index >= 15 is 0 Å². The van der Waals surface area contributed by atoms with Crippen LogP contribution in [0.15, 0.2) is 18.3 Å². The first-order valence-corrected chi connectivity index (χ1v) is 7.78. The van der Waals surface area contributed by atoms with Gasteiger partial charge in [-0.2, -0.15) is 0 Å². The van der Waals surface area contributed by atoms with Crippen molar-refractivity contribution in [3.05, 3.63) is 23.4 Å². The molecular weight excluding hydrogens is 258 g/mol. The number of pyridine rings is 1. The van der Waals surface area contributed by atoms with Gasteiger partial charge in [0.25, 0.3) is 0 Å². The molecule has 19 heavy (non-hydrogen) atoms. The van der Waals surface area contributed by atoms with Gasteiger partial charge in [-0.15, -0.1) is 0 Å². The van der Waals surface area contributed by atoms with Crippen LogP contribution >= 0.6 is 11.6 Å². The molecule has 0 saturated carbocycles. The fourth-order valence-electron chi connectivity index (χ4n) is 3.54.